The van der Waals surface area contributed by atoms with Gasteiger partial charge in [-0.25, -0.2) is 15.0 Å². The summed E-state index contributed by atoms with van der Waals surface area (Å²) < 4.78 is 2.21. The van der Waals surface area contributed by atoms with Gasteiger partial charge in [-0.2, -0.15) is 0 Å². The van der Waals surface area contributed by atoms with E-state index in [1.165, 1.54) is 34.6 Å². The number of rotatable bonds is 1. The van der Waals surface area contributed by atoms with Crippen molar-refractivity contribution >= 4 is 33.5 Å². The molecule has 0 saturated heterocycles. The quantitative estimate of drug-likeness (QED) is 0.463. The van der Waals surface area contributed by atoms with Crippen molar-refractivity contribution in [2.24, 2.45) is 0 Å². The van der Waals surface area contributed by atoms with E-state index in [2.05, 4.69) is 55.9 Å². The van der Waals surface area contributed by atoms with Crippen LogP contribution in [0.5, 0.6) is 0 Å². The Morgan fingerprint density at radius 1 is 0.960 bits per heavy atom. The summed E-state index contributed by atoms with van der Waals surface area (Å²) in [5.74, 6) is 1.15. The number of fused-ring (bicyclic) bond motifs is 7. The first-order valence-corrected chi connectivity index (χ1v) is 9.03. The minimum absolute atomic E-state index is 0.398. The van der Waals surface area contributed by atoms with Gasteiger partial charge in [0.25, 0.3) is 0 Å². The Morgan fingerprint density at radius 2 is 1.76 bits per heavy atom. The number of nitrogens with zero attached hydrogens (tertiary/aromatic N) is 4. The second kappa shape index (κ2) is 4.79. The van der Waals surface area contributed by atoms with Gasteiger partial charge in [0.05, 0.1) is 6.33 Å². The molecule has 2 aliphatic carbocycles. The van der Waals surface area contributed by atoms with Crippen molar-refractivity contribution in [2.45, 2.75) is 30.7 Å². The molecule has 2 heterocycles. The summed E-state index contributed by atoms with van der Waals surface area (Å²) in [7, 11) is 0. The molecule has 5 heteroatoms. The van der Waals surface area contributed by atoms with Crippen molar-refractivity contribution in [1.29, 1.82) is 0 Å². The fraction of sp³-hybridized carbons (Fsp3) is 0.250. The molecular formula is C20H15ClN4. The number of aromatic nitrogens is 4. The van der Waals surface area contributed by atoms with Crippen LogP contribution >= 0.6 is 11.6 Å². The van der Waals surface area contributed by atoms with Crippen molar-refractivity contribution in [2.75, 3.05) is 0 Å². The molecule has 4 aromatic rings. The maximum absolute atomic E-state index is 6.18. The molecule has 1 fully saturated rings. The van der Waals surface area contributed by atoms with Crippen LogP contribution in [0.2, 0.25) is 5.15 Å². The Kier molecular flexibility index (Phi) is 2.64. The summed E-state index contributed by atoms with van der Waals surface area (Å²) in [5.41, 5.74) is 4.59. The zero-order chi connectivity index (χ0) is 16.5. The van der Waals surface area contributed by atoms with Crippen LogP contribution in [0.1, 0.15) is 41.8 Å². The van der Waals surface area contributed by atoms with Gasteiger partial charge < -0.3 is 4.57 Å². The first-order valence-electron chi connectivity index (χ1n) is 8.65. The zero-order valence-electron chi connectivity index (χ0n) is 13.4. The van der Waals surface area contributed by atoms with Gasteiger partial charge in [0.1, 0.15) is 11.8 Å². The van der Waals surface area contributed by atoms with E-state index in [4.69, 9.17) is 11.6 Å². The lowest BCUT2D eigenvalue weighted by Gasteiger charge is -2.26. The van der Waals surface area contributed by atoms with Crippen LogP contribution in [0, 0.1) is 0 Å². The van der Waals surface area contributed by atoms with Crippen LogP contribution < -0.4 is 0 Å². The van der Waals surface area contributed by atoms with Crippen LogP contribution in [-0.2, 0) is 0 Å². The fourth-order valence-corrected chi connectivity index (χ4v) is 5.10. The minimum Gasteiger partial charge on any atom is -0.311 e. The van der Waals surface area contributed by atoms with Gasteiger partial charge in [-0.15, -0.1) is 0 Å². The third-order valence-electron chi connectivity index (χ3n) is 5.99. The molecular weight excluding hydrogens is 332 g/mol. The number of hydrogen-bond donors (Lipinski definition) is 0. The summed E-state index contributed by atoms with van der Waals surface area (Å²) in [6.45, 7) is 0. The average molecular weight is 347 g/mol. The van der Waals surface area contributed by atoms with Gasteiger partial charge in [-0.3, -0.25) is 0 Å². The standard InChI is InChI=1S/C20H15ClN4/c21-19-18-20(23-9-22-19)25(10-24-18)17-8-13-7-16(17)15-6-12-4-2-1-3-11(12)5-14(13)15/h1-6,9-10,13,16-17H,7-8H2/t13-,16-,17+/m1/s1. The molecule has 1 saturated carbocycles. The van der Waals surface area contributed by atoms with Gasteiger partial charge >= 0.3 is 0 Å². The van der Waals surface area contributed by atoms with Crippen molar-refractivity contribution in [3.05, 3.63) is 65.3 Å². The second-order valence-corrected chi connectivity index (χ2v) is 7.52. The fourth-order valence-electron chi connectivity index (χ4n) is 4.93. The Labute approximate surface area is 149 Å². The summed E-state index contributed by atoms with van der Waals surface area (Å²) >= 11 is 6.18. The topological polar surface area (TPSA) is 43.6 Å². The summed E-state index contributed by atoms with van der Waals surface area (Å²) in [6.07, 6.45) is 5.77. The highest BCUT2D eigenvalue weighted by Gasteiger charge is 2.45. The van der Waals surface area contributed by atoms with Gasteiger partial charge in [0, 0.05) is 12.0 Å². The minimum atomic E-state index is 0.398. The van der Waals surface area contributed by atoms with Crippen LogP contribution in [-0.4, -0.2) is 19.5 Å². The number of hydrogen-bond acceptors (Lipinski definition) is 3. The first-order chi connectivity index (χ1) is 12.3. The van der Waals surface area contributed by atoms with Gasteiger partial charge in [-0.1, -0.05) is 48.0 Å². The molecule has 0 radical (unpaired) electrons. The second-order valence-electron chi connectivity index (χ2n) is 7.16. The molecule has 3 atom stereocenters. The van der Waals surface area contributed by atoms with E-state index in [9.17, 15) is 0 Å². The Bertz CT molecular complexity index is 1150. The highest BCUT2D eigenvalue weighted by atomic mass is 35.5. The zero-order valence-corrected chi connectivity index (χ0v) is 14.2. The molecule has 2 aromatic heterocycles. The number of imidazole rings is 1. The van der Waals surface area contributed by atoms with Gasteiger partial charge in [-0.05, 0) is 40.7 Å². The van der Waals surface area contributed by atoms with Crippen LogP contribution in [0.25, 0.3) is 21.9 Å². The smallest absolute Gasteiger partial charge is 0.165 e. The average Bonchev–Trinajstić information content (AvgIpc) is 3.33. The van der Waals surface area contributed by atoms with Gasteiger partial charge in [0.2, 0.25) is 0 Å². The summed E-state index contributed by atoms with van der Waals surface area (Å²) in [5, 5.41) is 3.10. The van der Waals surface area contributed by atoms with Crippen molar-refractivity contribution in [3.8, 4) is 0 Å². The van der Waals surface area contributed by atoms with Crippen LogP contribution in [0.4, 0.5) is 0 Å². The molecule has 0 unspecified atom stereocenters. The van der Waals surface area contributed by atoms with E-state index in [1.54, 1.807) is 0 Å². The van der Waals surface area contributed by atoms with Crippen LogP contribution in [0.3, 0.4) is 0 Å². The third-order valence-corrected chi connectivity index (χ3v) is 6.27. The van der Waals surface area contributed by atoms with E-state index in [0.29, 0.717) is 28.5 Å². The lowest BCUT2D eigenvalue weighted by atomic mass is 9.86. The SMILES string of the molecule is Clc1ncnc2c1ncn2[C@H]1C[C@H]2C[C@@H]1c1cc3ccccc3cc12. The van der Waals surface area contributed by atoms with Crippen molar-refractivity contribution < 1.29 is 0 Å². The molecule has 0 amide bonds. The van der Waals surface area contributed by atoms with E-state index in [-0.39, 0.29) is 0 Å². The molecule has 2 bridgehead atoms. The molecule has 2 aromatic carbocycles. The normalized spacial score (nSPS) is 24.3. The van der Waals surface area contributed by atoms with Crippen molar-refractivity contribution in [3.63, 3.8) is 0 Å². The van der Waals surface area contributed by atoms with Crippen LogP contribution in [0.15, 0.2) is 49.1 Å². The van der Waals surface area contributed by atoms with E-state index in [1.807, 2.05) is 6.33 Å². The third kappa shape index (κ3) is 1.80. The molecule has 25 heavy (non-hydrogen) atoms. The van der Waals surface area contributed by atoms with Gasteiger partial charge in [0.15, 0.2) is 10.8 Å². The molecule has 4 nitrogen and oxygen atoms in total. The monoisotopic (exact) mass is 346 g/mol. The Hall–Kier alpha value is -2.46. The first kappa shape index (κ1) is 13.8. The Balaban J connectivity index is 1.51. The molecule has 0 spiro atoms. The molecule has 0 N–H and O–H groups in total. The highest BCUT2D eigenvalue weighted by Crippen LogP contribution is 2.59. The highest BCUT2D eigenvalue weighted by molar-refractivity contribution is 6.33. The molecule has 6 rings (SSSR count). The lowest BCUT2D eigenvalue weighted by Crippen LogP contribution is -2.15. The van der Waals surface area contributed by atoms with Crippen molar-refractivity contribution in [1.82, 2.24) is 19.5 Å². The van der Waals surface area contributed by atoms with E-state index < -0.39 is 0 Å². The molecule has 0 aliphatic heterocycles. The largest absolute Gasteiger partial charge is 0.311 e. The predicted octanol–water partition coefficient (Wildman–Crippen LogP) is 4.85. The molecule has 122 valence electrons. The van der Waals surface area contributed by atoms with E-state index >= 15 is 0 Å². The summed E-state index contributed by atoms with van der Waals surface area (Å²) in [4.78, 5) is 12.9. The van der Waals surface area contributed by atoms with E-state index in [0.717, 1.165) is 12.1 Å². The number of benzene rings is 2. The lowest BCUT2D eigenvalue weighted by molar-refractivity contribution is 0.458. The Morgan fingerprint density at radius 3 is 2.60 bits per heavy atom. The number of halogens is 1. The predicted molar refractivity (Wildman–Crippen MR) is 98.0 cm³/mol. The maximum Gasteiger partial charge on any atom is 0.165 e. The summed E-state index contributed by atoms with van der Waals surface area (Å²) in [6, 6.07) is 13.8. The molecule has 2 aliphatic rings. The maximum atomic E-state index is 6.18.